The van der Waals surface area contributed by atoms with Crippen LogP contribution in [0, 0.1) is 0 Å². The summed E-state index contributed by atoms with van der Waals surface area (Å²) < 4.78 is 42.9. The molecule has 0 aliphatic heterocycles. The fourth-order valence-corrected chi connectivity index (χ4v) is 2.34. The highest BCUT2D eigenvalue weighted by Gasteiger charge is 2.30. The van der Waals surface area contributed by atoms with Gasteiger partial charge in [0.15, 0.2) is 0 Å². The highest BCUT2D eigenvalue weighted by atomic mass is 32.1. The molecule has 6 heteroatoms. The van der Waals surface area contributed by atoms with Crippen LogP contribution in [-0.2, 0) is 19.3 Å². The molecule has 0 spiro atoms. The highest BCUT2D eigenvalue weighted by molar-refractivity contribution is 7.11. The fourth-order valence-electron chi connectivity index (χ4n) is 1.53. The van der Waals surface area contributed by atoms with Crippen molar-refractivity contribution in [3.8, 4) is 5.75 Å². The van der Waals surface area contributed by atoms with Gasteiger partial charge >= 0.3 is 6.18 Å². The van der Waals surface area contributed by atoms with E-state index in [1.54, 1.807) is 0 Å². The summed E-state index contributed by atoms with van der Waals surface area (Å²) in [7, 11) is 0. The average Bonchev–Trinajstić information content (AvgIpc) is 2.84. The summed E-state index contributed by atoms with van der Waals surface area (Å²) in [6, 6.07) is 8.60. The van der Waals surface area contributed by atoms with Gasteiger partial charge in [-0.1, -0.05) is 6.07 Å². The van der Waals surface area contributed by atoms with Gasteiger partial charge in [-0.15, -0.1) is 11.3 Å². The van der Waals surface area contributed by atoms with E-state index in [1.807, 2.05) is 12.1 Å². The minimum atomic E-state index is -4.35. The van der Waals surface area contributed by atoms with Crippen LogP contribution in [0.5, 0.6) is 5.75 Å². The molecule has 2 rings (SSSR count). The van der Waals surface area contributed by atoms with Crippen molar-refractivity contribution < 1.29 is 17.9 Å². The van der Waals surface area contributed by atoms with Crippen LogP contribution < -0.4 is 10.5 Å². The van der Waals surface area contributed by atoms with Gasteiger partial charge in [0.1, 0.15) is 12.4 Å². The Morgan fingerprint density at radius 3 is 2.47 bits per heavy atom. The Bertz CT molecular complexity index is 551. The fraction of sp³-hybridized carbons (Fsp3) is 0.231. The van der Waals surface area contributed by atoms with Gasteiger partial charge in [0, 0.05) is 16.3 Å². The van der Waals surface area contributed by atoms with Crippen molar-refractivity contribution in [3.63, 3.8) is 0 Å². The van der Waals surface area contributed by atoms with Crippen LogP contribution in [0.3, 0.4) is 0 Å². The summed E-state index contributed by atoms with van der Waals surface area (Å²) >= 11 is 1.49. The quantitative estimate of drug-likeness (QED) is 0.928. The lowest BCUT2D eigenvalue weighted by atomic mass is 10.2. The maximum Gasteiger partial charge on any atom is 0.416 e. The van der Waals surface area contributed by atoms with Crippen molar-refractivity contribution in [2.75, 3.05) is 0 Å². The largest absolute Gasteiger partial charge is 0.488 e. The van der Waals surface area contributed by atoms with Crippen LogP contribution in [0.25, 0.3) is 0 Å². The van der Waals surface area contributed by atoms with Crippen molar-refractivity contribution in [1.29, 1.82) is 0 Å². The third-order valence-corrected chi connectivity index (χ3v) is 3.54. The van der Waals surface area contributed by atoms with E-state index in [4.69, 9.17) is 10.5 Å². The third kappa shape index (κ3) is 3.71. The predicted molar refractivity (Wildman–Crippen MR) is 68.0 cm³/mol. The maximum atomic E-state index is 12.5. The van der Waals surface area contributed by atoms with Gasteiger partial charge in [-0.3, -0.25) is 0 Å². The number of alkyl halides is 3. The van der Waals surface area contributed by atoms with E-state index < -0.39 is 11.7 Å². The summed E-state index contributed by atoms with van der Waals surface area (Å²) in [6.07, 6.45) is -4.35. The molecule has 19 heavy (non-hydrogen) atoms. The molecule has 0 amide bonds. The molecule has 1 heterocycles. The second-order valence-corrected chi connectivity index (χ2v) is 5.14. The molecule has 0 aliphatic rings. The predicted octanol–water partition coefficient (Wildman–Crippen LogP) is 3.80. The molecule has 0 unspecified atom stereocenters. The van der Waals surface area contributed by atoms with Gasteiger partial charge < -0.3 is 10.5 Å². The second-order valence-electron chi connectivity index (χ2n) is 3.89. The normalized spacial score (nSPS) is 11.6. The number of thiophene rings is 1. The maximum absolute atomic E-state index is 12.5. The molecule has 102 valence electrons. The first-order valence-corrected chi connectivity index (χ1v) is 6.38. The van der Waals surface area contributed by atoms with E-state index in [2.05, 4.69) is 0 Å². The lowest BCUT2D eigenvalue weighted by molar-refractivity contribution is -0.137. The number of ether oxygens (including phenoxy) is 1. The van der Waals surface area contributed by atoms with Crippen LogP contribution in [-0.4, -0.2) is 0 Å². The van der Waals surface area contributed by atoms with Gasteiger partial charge in [-0.25, -0.2) is 0 Å². The van der Waals surface area contributed by atoms with E-state index in [1.165, 1.54) is 23.5 Å². The Hall–Kier alpha value is -1.53. The number of rotatable bonds is 4. The standard InChI is InChI=1S/C13H12F3NOS/c14-13(15,16)9-2-1-3-10(6-9)18-8-12-5-4-11(7-17)19-12/h1-6H,7-8,17H2. The van der Waals surface area contributed by atoms with Crippen LogP contribution >= 0.6 is 11.3 Å². The Morgan fingerprint density at radius 1 is 1.11 bits per heavy atom. The lowest BCUT2D eigenvalue weighted by Crippen LogP contribution is -2.05. The zero-order valence-electron chi connectivity index (χ0n) is 9.91. The number of nitrogens with two attached hydrogens (primary N) is 1. The molecule has 0 atom stereocenters. The smallest absolute Gasteiger partial charge is 0.416 e. The first-order valence-electron chi connectivity index (χ1n) is 5.57. The Labute approximate surface area is 112 Å². The molecule has 0 saturated carbocycles. The summed E-state index contributed by atoms with van der Waals surface area (Å²) in [5.41, 5.74) is 4.77. The van der Waals surface area contributed by atoms with Crippen molar-refractivity contribution in [3.05, 3.63) is 51.7 Å². The van der Waals surface area contributed by atoms with Crippen LogP contribution in [0.15, 0.2) is 36.4 Å². The zero-order valence-corrected chi connectivity index (χ0v) is 10.7. The average molecular weight is 287 g/mol. The number of benzene rings is 1. The molecule has 2 nitrogen and oxygen atoms in total. The molecule has 0 saturated heterocycles. The molecule has 0 aliphatic carbocycles. The van der Waals surface area contributed by atoms with E-state index in [0.29, 0.717) is 6.54 Å². The third-order valence-electron chi connectivity index (χ3n) is 2.46. The number of hydrogen-bond donors (Lipinski definition) is 1. The topological polar surface area (TPSA) is 35.2 Å². The molecule has 1 aromatic carbocycles. The molecule has 2 N–H and O–H groups in total. The Kier molecular flexibility index (Phi) is 4.11. The Morgan fingerprint density at radius 2 is 1.84 bits per heavy atom. The summed E-state index contributed by atoms with van der Waals surface area (Å²) in [5.74, 6) is 0.206. The van der Waals surface area contributed by atoms with Gasteiger partial charge in [-0.2, -0.15) is 13.2 Å². The van der Waals surface area contributed by atoms with Crippen molar-refractivity contribution in [2.24, 2.45) is 5.73 Å². The molecular formula is C13H12F3NOS. The number of halogens is 3. The van der Waals surface area contributed by atoms with Gasteiger partial charge in [0.25, 0.3) is 0 Å². The monoisotopic (exact) mass is 287 g/mol. The summed E-state index contributed by atoms with van der Waals surface area (Å²) in [5, 5.41) is 0. The van der Waals surface area contributed by atoms with Crippen molar-refractivity contribution in [1.82, 2.24) is 0 Å². The van der Waals surface area contributed by atoms with Gasteiger partial charge in [0.2, 0.25) is 0 Å². The first kappa shape index (κ1) is 13.9. The van der Waals surface area contributed by atoms with Crippen LogP contribution in [0.1, 0.15) is 15.3 Å². The molecule has 0 radical (unpaired) electrons. The highest BCUT2D eigenvalue weighted by Crippen LogP contribution is 2.31. The minimum absolute atomic E-state index is 0.206. The molecule has 2 aromatic rings. The molecule has 0 bridgehead atoms. The van der Waals surface area contributed by atoms with E-state index in [9.17, 15) is 13.2 Å². The molecular weight excluding hydrogens is 275 g/mol. The van der Waals surface area contributed by atoms with Gasteiger partial charge in [0.05, 0.1) is 5.56 Å². The van der Waals surface area contributed by atoms with Crippen molar-refractivity contribution in [2.45, 2.75) is 19.3 Å². The van der Waals surface area contributed by atoms with Crippen molar-refractivity contribution >= 4 is 11.3 Å². The minimum Gasteiger partial charge on any atom is -0.488 e. The van der Waals surface area contributed by atoms with Crippen LogP contribution in [0.2, 0.25) is 0 Å². The summed E-state index contributed by atoms with van der Waals surface area (Å²) in [6.45, 7) is 0.695. The second kappa shape index (κ2) is 5.63. The lowest BCUT2D eigenvalue weighted by Gasteiger charge is -2.09. The van der Waals surface area contributed by atoms with E-state index >= 15 is 0 Å². The Balaban J connectivity index is 2.03. The molecule has 1 aromatic heterocycles. The zero-order chi connectivity index (χ0) is 13.9. The summed E-state index contributed by atoms with van der Waals surface area (Å²) in [4.78, 5) is 1.94. The molecule has 0 fully saturated rings. The van der Waals surface area contributed by atoms with E-state index in [0.717, 1.165) is 21.9 Å². The SMILES string of the molecule is NCc1ccc(COc2cccc(C(F)(F)F)c2)s1. The van der Waals surface area contributed by atoms with E-state index in [-0.39, 0.29) is 12.4 Å². The number of hydrogen-bond acceptors (Lipinski definition) is 3. The van der Waals surface area contributed by atoms with Gasteiger partial charge in [-0.05, 0) is 30.3 Å². The first-order chi connectivity index (χ1) is 8.99. The van der Waals surface area contributed by atoms with Crippen LogP contribution in [0.4, 0.5) is 13.2 Å².